The first-order valence-electron chi connectivity index (χ1n) is 8.29. The Bertz CT molecular complexity index is 779. The van der Waals surface area contributed by atoms with Crippen molar-refractivity contribution in [3.63, 3.8) is 0 Å². The summed E-state index contributed by atoms with van der Waals surface area (Å²) in [5, 5.41) is 0.766. The van der Waals surface area contributed by atoms with Crippen molar-refractivity contribution in [2.75, 3.05) is 0 Å². The van der Waals surface area contributed by atoms with E-state index in [0.29, 0.717) is 0 Å². The maximum Gasteiger partial charge on any atom is 0.0406 e. The normalized spacial score (nSPS) is 13.5. The van der Waals surface area contributed by atoms with Gasteiger partial charge < -0.3 is 5.73 Å². The first kappa shape index (κ1) is 16.8. The van der Waals surface area contributed by atoms with Crippen LogP contribution in [0.3, 0.4) is 0 Å². The van der Waals surface area contributed by atoms with Crippen molar-refractivity contribution < 1.29 is 0 Å². The van der Waals surface area contributed by atoms with Gasteiger partial charge in [-0.2, -0.15) is 0 Å². The van der Waals surface area contributed by atoms with Crippen molar-refractivity contribution in [1.82, 2.24) is 0 Å². The average Bonchev–Trinajstić information content (AvgIpc) is 2.62. The van der Waals surface area contributed by atoms with Gasteiger partial charge in [-0.15, -0.1) is 0 Å². The Balaban J connectivity index is 1.90. The third kappa shape index (κ3) is 4.05. The summed E-state index contributed by atoms with van der Waals surface area (Å²) in [4.78, 5) is 0. The summed E-state index contributed by atoms with van der Waals surface area (Å²) in [6.07, 6.45) is 0.910. The predicted molar refractivity (Wildman–Crippen MR) is 103 cm³/mol. The second-order valence-corrected chi connectivity index (χ2v) is 6.72. The maximum atomic E-state index is 6.31. The summed E-state index contributed by atoms with van der Waals surface area (Å²) in [6.45, 7) is 2.08. The van der Waals surface area contributed by atoms with E-state index in [4.69, 9.17) is 17.3 Å². The third-order valence-electron chi connectivity index (χ3n) is 4.43. The van der Waals surface area contributed by atoms with E-state index in [2.05, 4.69) is 67.6 Å². The minimum atomic E-state index is 0.0756. The monoisotopic (exact) mass is 335 g/mol. The molecule has 0 amide bonds. The fraction of sp³-hybridized carbons (Fsp3) is 0.182. The molecule has 0 aliphatic rings. The largest absolute Gasteiger partial charge is 0.327 e. The molecular formula is C22H22ClN. The second kappa shape index (κ2) is 7.65. The van der Waals surface area contributed by atoms with Crippen molar-refractivity contribution in [2.45, 2.75) is 25.3 Å². The fourth-order valence-electron chi connectivity index (χ4n) is 3.06. The summed E-state index contributed by atoms with van der Waals surface area (Å²) < 4.78 is 0. The van der Waals surface area contributed by atoms with Gasteiger partial charge >= 0.3 is 0 Å². The van der Waals surface area contributed by atoms with Crippen molar-refractivity contribution in [2.24, 2.45) is 5.73 Å². The molecule has 0 saturated carbocycles. The first-order valence-corrected chi connectivity index (χ1v) is 8.66. The highest BCUT2D eigenvalue weighted by Gasteiger charge is 2.17. The van der Waals surface area contributed by atoms with Crippen LogP contribution in [-0.4, -0.2) is 6.04 Å². The van der Waals surface area contributed by atoms with Gasteiger partial charge in [0.2, 0.25) is 0 Å². The van der Waals surface area contributed by atoms with Gasteiger partial charge in [-0.05, 0) is 47.7 Å². The lowest BCUT2D eigenvalue weighted by molar-refractivity contribution is 0.565. The average molecular weight is 336 g/mol. The Morgan fingerprint density at radius 3 is 2.17 bits per heavy atom. The molecule has 2 heteroatoms. The molecule has 0 radical (unpaired) electrons. The zero-order valence-corrected chi connectivity index (χ0v) is 14.6. The molecule has 24 heavy (non-hydrogen) atoms. The molecule has 0 saturated heterocycles. The highest BCUT2D eigenvalue weighted by Crippen LogP contribution is 2.28. The van der Waals surface area contributed by atoms with Crippen molar-refractivity contribution in [3.05, 3.63) is 95.0 Å². The van der Waals surface area contributed by atoms with Crippen LogP contribution < -0.4 is 5.73 Å². The van der Waals surface area contributed by atoms with Gasteiger partial charge in [-0.3, -0.25) is 0 Å². The second-order valence-electron chi connectivity index (χ2n) is 6.29. The van der Waals surface area contributed by atoms with E-state index in [-0.39, 0.29) is 12.0 Å². The highest BCUT2D eigenvalue weighted by atomic mass is 35.5. The van der Waals surface area contributed by atoms with Crippen LogP contribution in [0.15, 0.2) is 78.9 Å². The number of hydrogen-bond donors (Lipinski definition) is 1. The molecule has 1 nitrogen and oxygen atoms in total. The van der Waals surface area contributed by atoms with Crippen molar-refractivity contribution in [3.8, 4) is 11.1 Å². The summed E-state index contributed by atoms with van der Waals surface area (Å²) in [7, 11) is 0. The zero-order chi connectivity index (χ0) is 16.9. The molecule has 0 fully saturated rings. The van der Waals surface area contributed by atoms with Gasteiger partial charge in [0.25, 0.3) is 0 Å². The number of benzene rings is 3. The van der Waals surface area contributed by atoms with E-state index in [1.165, 1.54) is 22.3 Å². The van der Waals surface area contributed by atoms with Crippen molar-refractivity contribution in [1.29, 1.82) is 0 Å². The molecule has 0 heterocycles. The molecule has 2 N–H and O–H groups in total. The Morgan fingerprint density at radius 1 is 0.833 bits per heavy atom. The summed E-state index contributed by atoms with van der Waals surface area (Å²) in [5.74, 6) is 0.273. The number of rotatable bonds is 5. The smallest absolute Gasteiger partial charge is 0.0406 e. The molecule has 0 bridgehead atoms. The molecule has 2 unspecified atom stereocenters. The van der Waals surface area contributed by atoms with E-state index in [0.717, 1.165) is 11.4 Å². The van der Waals surface area contributed by atoms with Crippen LogP contribution >= 0.6 is 11.6 Å². The molecule has 0 aliphatic carbocycles. The van der Waals surface area contributed by atoms with Crippen LogP contribution in [0.25, 0.3) is 11.1 Å². The van der Waals surface area contributed by atoms with Crippen LogP contribution in [0.1, 0.15) is 24.0 Å². The van der Waals surface area contributed by atoms with Crippen LogP contribution in [0.4, 0.5) is 0 Å². The Labute approximate surface area is 149 Å². The van der Waals surface area contributed by atoms with E-state index in [1.807, 2.05) is 18.2 Å². The van der Waals surface area contributed by atoms with Gasteiger partial charge in [-0.25, -0.2) is 0 Å². The Morgan fingerprint density at radius 2 is 1.50 bits per heavy atom. The predicted octanol–water partition coefficient (Wildman–Crippen LogP) is 5.68. The lowest BCUT2D eigenvalue weighted by Crippen LogP contribution is -2.26. The van der Waals surface area contributed by atoms with Crippen molar-refractivity contribution >= 4 is 11.6 Å². The quantitative estimate of drug-likeness (QED) is 0.637. The lowest BCUT2D eigenvalue weighted by Gasteiger charge is -2.22. The lowest BCUT2D eigenvalue weighted by atomic mass is 9.85. The van der Waals surface area contributed by atoms with Gasteiger partial charge in [0.05, 0.1) is 0 Å². The van der Waals surface area contributed by atoms with Gasteiger partial charge in [-0.1, -0.05) is 78.3 Å². The molecule has 0 aliphatic heterocycles. The molecule has 3 aromatic carbocycles. The van der Waals surface area contributed by atoms with Crippen LogP contribution in [-0.2, 0) is 6.42 Å². The molecule has 2 atom stereocenters. The van der Waals surface area contributed by atoms with Crippen LogP contribution in [0.2, 0.25) is 5.02 Å². The molecule has 0 spiro atoms. The topological polar surface area (TPSA) is 26.0 Å². The molecule has 0 aromatic heterocycles. The standard InChI is InChI=1S/C22H22ClN/c1-16(24)22(14-17-10-12-21(23)13-11-17)20-9-5-8-19(15-20)18-6-3-2-4-7-18/h2-13,15-16,22H,14,24H2,1H3. The van der Waals surface area contributed by atoms with Crippen LogP contribution in [0.5, 0.6) is 0 Å². The highest BCUT2D eigenvalue weighted by molar-refractivity contribution is 6.30. The molecule has 122 valence electrons. The molecular weight excluding hydrogens is 314 g/mol. The minimum absolute atomic E-state index is 0.0756. The molecule has 3 aromatic rings. The SMILES string of the molecule is CC(N)C(Cc1ccc(Cl)cc1)c1cccc(-c2ccccc2)c1. The summed E-state index contributed by atoms with van der Waals surface area (Å²) in [5.41, 5.74) is 11.3. The summed E-state index contributed by atoms with van der Waals surface area (Å²) >= 11 is 5.99. The zero-order valence-electron chi connectivity index (χ0n) is 13.8. The van der Waals surface area contributed by atoms with Crippen LogP contribution in [0, 0.1) is 0 Å². The maximum absolute atomic E-state index is 6.31. The number of hydrogen-bond acceptors (Lipinski definition) is 1. The summed E-state index contributed by atoms with van der Waals surface area (Å²) in [6, 6.07) is 27.3. The van der Waals surface area contributed by atoms with E-state index in [9.17, 15) is 0 Å². The number of nitrogens with two attached hydrogens (primary N) is 1. The van der Waals surface area contributed by atoms with E-state index in [1.54, 1.807) is 0 Å². The van der Waals surface area contributed by atoms with E-state index < -0.39 is 0 Å². The Hall–Kier alpha value is -2.09. The number of halogens is 1. The third-order valence-corrected chi connectivity index (χ3v) is 4.68. The molecule has 3 rings (SSSR count). The van der Waals surface area contributed by atoms with Gasteiger partial charge in [0.1, 0.15) is 0 Å². The first-order chi connectivity index (χ1) is 11.6. The van der Waals surface area contributed by atoms with Gasteiger partial charge in [0, 0.05) is 17.0 Å². The minimum Gasteiger partial charge on any atom is -0.327 e. The fourth-order valence-corrected chi connectivity index (χ4v) is 3.19. The van der Waals surface area contributed by atoms with Gasteiger partial charge in [0.15, 0.2) is 0 Å². The Kier molecular flexibility index (Phi) is 5.34. The van der Waals surface area contributed by atoms with E-state index >= 15 is 0 Å².